The van der Waals surface area contributed by atoms with E-state index in [2.05, 4.69) is 10.1 Å². The summed E-state index contributed by atoms with van der Waals surface area (Å²) in [4.78, 5) is 3.99. The minimum atomic E-state index is -1.50. The van der Waals surface area contributed by atoms with E-state index in [4.69, 9.17) is 30.2 Å². The van der Waals surface area contributed by atoms with Crippen LogP contribution < -0.4 is 5.73 Å². The molecular weight excluding hydrogens is 376 g/mol. The van der Waals surface area contributed by atoms with Crippen LogP contribution in [0.4, 0.5) is 5.82 Å². The molecule has 4 N–H and O–H groups in total. The number of nitrogens with two attached hydrogens (primary N) is 1. The first-order valence-electron chi connectivity index (χ1n) is 9.70. The SMILES string of the molecule is CC.CC(C)(O)O.COC(CCc1ccc2c(N)ncnn12)COC(C)(C)OC. The molecule has 0 fully saturated rings. The number of aliphatic hydroxyl groups is 2. The molecule has 0 bridgehead atoms. The number of hydrogen-bond donors (Lipinski definition) is 3. The Balaban J connectivity index is 0.000000977. The normalized spacial score (nSPS) is 12.6. The number of aromatic nitrogens is 3. The smallest absolute Gasteiger partial charge is 0.162 e. The van der Waals surface area contributed by atoms with Crippen molar-refractivity contribution in [1.29, 1.82) is 0 Å². The summed E-state index contributed by atoms with van der Waals surface area (Å²) in [6.45, 7) is 10.8. The van der Waals surface area contributed by atoms with Crippen molar-refractivity contribution in [3.05, 3.63) is 24.2 Å². The molecule has 0 amide bonds. The number of nitrogen functional groups attached to an aromatic ring is 1. The van der Waals surface area contributed by atoms with Crippen molar-refractivity contribution in [3.63, 3.8) is 0 Å². The highest BCUT2D eigenvalue weighted by Crippen LogP contribution is 2.17. The van der Waals surface area contributed by atoms with Crippen molar-refractivity contribution in [2.24, 2.45) is 0 Å². The van der Waals surface area contributed by atoms with E-state index in [1.165, 1.54) is 20.2 Å². The molecule has 0 saturated carbocycles. The molecule has 0 aliphatic rings. The first kappa shape index (κ1) is 27.2. The van der Waals surface area contributed by atoms with Gasteiger partial charge in [-0.1, -0.05) is 13.8 Å². The third-order valence-corrected chi connectivity index (χ3v) is 3.72. The molecule has 0 radical (unpaired) electrons. The number of methoxy groups -OCH3 is 2. The first-order chi connectivity index (χ1) is 13.5. The van der Waals surface area contributed by atoms with Crippen molar-refractivity contribution in [2.45, 2.75) is 72.1 Å². The van der Waals surface area contributed by atoms with E-state index in [1.807, 2.05) is 44.3 Å². The molecule has 0 aliphatic carbocycles. The molecule has 0 saturated heterocycles. The summed E-state index contributed by atoms with van der Waals surface area (Å²) >= 11 is 0. The van der Waals surface area contributed by atoms with Gasteiger partial charge in [0.15, 0.2) is 17.4 Å². The maximum atomic E-state index is 8.08. The quantitative estimate of drug-likeness (QED) is 0.563. The number of nitrogens with zero attached hydrogens (tertiary/aromatic N) is 3. The maximum absolute atomic E-state index is 8.08. The van der Waals surface area contributed by atoms with E-state index < -0.39 is 11.6 Å². The van der Waals surface area contributed by atoms with Gasteiger partial charge in [0.2, 0.25) is 0 Å². The van der Waals surface area contributed by atoms with E-state index in [-0.39, 0.29) is 6.10 Å². The van der Waals surface area contributed by atoms with Crippen LogP contribution in [0, 0.1) is 0 Å². The van der Waals surface area contributed by atoms with Gasteiger partial charge in [-0.25, -0.2) is 9.50 Å². The monoisotopic (exact) mass is 414 g/mol. The van der Waals surface area contributed by atoms with E-state index in [0.29, 0.717) is 12.4 Å². The van der Waals surface area contributed by atoms with Crippen LogP contribution in [-0.2, 0) is 20.6 Å². The van der Waals surface area contributed by atoms with Crippen molar-refractivity contribution in [1.82, 2.24) is 14.6 Å². The Morgan fingerprint density at radius 3 is 2.24 bits per heavy atom. The van der Waals surface area contributed by atoms with Gasteiger partial charge in [0, 0.05) is 19.9 Å². The lowest BCUT2D eigenvalue weighted by atomic mass is 10.1. The third-order valence-electron chi connectivity index (χ3n) is 3.72. The predicted molar refractivity (Wildman–Crippen MR) is 113 cm³/mol. The highest BCUT2D eigenvalue weighted by Gasteiger charge is 2.20. The number of aryl methyl sites for hydroxylation is 1. The van der Waals surface area contributed by atoms with Gasteiger partial charge in [-0.3, -0.25) is 0 Å². The zero-order chi connectivity index (χ0) is 22.7. The third kappa shape index (κ3) is 11.1. The Morgan fingerprint density at radius 1 is 1.14 bits per heavy atom. The van der Waals surface area contributed by atoms with Crippen LogP contribution in [0.5, 0.6) is 0 Å². The lowest BCUT2D eigenvalue weighted by Gasteiger charge is -2.26. The zero-order valence-electron chi connectivity index (χ0n) is 19.0. The van der Waals surface area contributed by atoms with Gasteiger partial charge in [0.25, 0.3) is 0 Å². The average molecular weight is 415 g/mol. The average Bonchev–Trinajstić information content (AvgIpc) is 3.07. The van der Waals surface area contributed by atoms with Crippen molar-refractivity contribution >= 4 is 11.3 Å². The first-order valence-corrected chi connectivity index (χ1v) is 9.70. The number of ether oxygens (including phenoxy) is 3. The Kier molecular flexibility index (Phi) is 11.9. The molecule has 0 spiro atoms. The van der Waals surface area contributed by atoms with Gasteiger partial charge >= 0.3 is 0 Å². The summed E-state index contributed by atoms with van der Waals surface area (Å²) in [5, 5.41) is 20.4. The Morgan fingerprint density at radius 2 is 1.72 bits per heavy atom. The molecule has 1 atom stereocenters. The van der Waals surface area contributed by atoms with Gasteiger partial charge in [0.05, 0.1) is 12.7 Å². The van der Waals surface area contributed by atoms with Crippen LogP contribution in [-0.4, -0.2) is 63.3 Å². The fourth-order valence-electron chi connectivity index (χ4n) is 2.13. The van der Waals surface area contributed by atoms with E-state index in [1.54, 1.807) is 14.2 Å². The van der Waals surface area contributed by atoms with E-state index in [9.17, 15) is 0 Å². The molecule has 2 heterocycles. The van der Waals surface area contributed by atoms with Crippen LogP contribution in [0.25, 0.3) is 5.52 Å². The Hall–Kier alpha value is -1.78. The highest BCUT2D eigenvalue weighted by atomic mass is 16.7. The lowest BCUT2D eigenvalue weighted by molar-refractivity contribution is -0.211. The molecular formula is C20H38N4O5. The summed E-state index contributed by atoms with van der Waals surface area (Å²) in [6.07, 6.45) is 3.06. The van der Waals surface area contributed by atoms with Crippen molar-refractivity contribution in [3.8, 4) is 0 Å². The number of fused-ring (bicyclic) bond motifs is 1. The van der Waals surface area contributed by atoms with Crippen molar-refractivity contribution < 1.29 is 24.4 Å². The molecule has 9 nitrogen and oxygen atoms in total. The van der Waals surface area contributed by atoms with Crippen LogP contribution >= 0.6 is 0 Å². The molecule has 2 aromatic rings. The van der Waals surface area contributed by atoms with Gasteiger partial charge in [-0.15, -0.1) is 0 Å². The maximum Gasteiger partial charge on any atom is 0.162 e. The second-order valence-corrected chi connectivity index (χ2v) is 7.07. The number of hydrogen-bond acceptors (Lipinski definition) is 8. The molecule has 2 aromatic heterocycles. The summed E-state index contributed by atoms with van der Waals surface area (Å²) in [5.41, 5.74) is 7.72. The summed E-state index contributed by atoms with van der Waals surface area (Å²) < 4.78 is 18.2. The van der Waals surface area contributed by atoms with Gasteiger partial charge in [-0.2, -0.15) is 5.10 Å². The highest BCUT2D eigenvalue weighted by molar-refractivity contribution is 5.65. The largest absolute Gasteiger partial charge is 0.382 e. The topological polar surface area (TPSA) is 124 Å². The lowest BCUT2D eigenvalue weighted by Crippen LogP contribution is -2.32. The molecule has 29 heavy (non-hydrogen) atoms. The Labute approximate surface area is 173 Å². The van der Waals surface area contributed by atoms with E-state index in [0.717, 1.165) is 24.1 Å². The second-order valence-electron chi connectivity index (χ2n) is 7.07. The van der Waals surface area contributed by atoms with Gasteiger partial charge in [-0.05, 0) is 52.7 Å². The molecule has 0 aromatic carbocycles. The van der Waals surface area contributed by atoms with Crippen molar-refractivity contribution in [2.75, 3.05) is 26.6 Å². The molecule has 9 heteroatoms. The summed E-state index contributed by atoms with van der Waals surface area (Å²) in [6, 6.07) is 3.93. The second kappa shape index (κ2) is 12.7. The summed E-state index contributed by atoms with van der Waals surface area (Å²) in [5.74, 6) is -1.63. The molecule has 1 unspecified atom stereocenters. The van der Waals surface area contributed by atoms with Crippen LogP contribution in [0.1, 0.15) is 53.7 Å². The van der Waals surface area contributed by atoms with E-state index >= 15 is 0 Å². The number of anilines is 1. The Bertz CT molecular complexity index is 692. The molecule has 0 aliphatic heterocycles. The minimum Gasteiger partial charge on any atom is -0.382 e. The van der Waals surface area contributed by atoms with Crippen LogP contribution in [0.2, 0.25) is 0 Å². The predicted octanol–water partition coefficient (Wildman–Crippen LogP) is 2.39. The minimum absolute atomic E-state index is 0.0147. The standard InChI is InChI=1S/C15H24N4O3.C3H8O2.C2H6/c1-15(2,21-4)22-9-12(20-3)7-5-11-6-8-13-14(16)17-10-18-19(11)13;1-3(2,4)5;1-2/h6,8,10,12H,5,7,9H2,1-4H3,(H2,16,17,18);4-5H,1-2H3;1-2H3. The number of rotatable bonds is 8. The van der Waals surface area contributed by atoms with Gasteiger partial charge < -0.3 is 30.2 Å². The van der Waals surface area contributed by atoms with Crippen LogP contribution in [0.3, 0.4) is 0 Å². The fourth-order valence-corrected chi connectivity index (χ4v) is 2.13. The molecule has 2 rings (SSSR count). The molecule has 168 valence electrons. The fraction of sp³-hybridized carbons (Fsp3) is 0.700. The summed E-state index contributed by atoms with van der Waals surface area (Å²) in [7, 11) is 3.31. The van der Waals surface area contributed by atoms with Gasteiger partial charge in [0.1, 0.15) is 11.8 Å². The zero-order valence-corrected chi connectivity index (χ0v) is 19.0. The van der Waals surface area contributed by atoms with Crippen LogP contribution in [0.15, 0.2) is 18.5 Å².